The lowest BCUT2D eigenvalue weighted by Gasteiger charge is -2.16. The van der Waals surface area contributed by atoms with Crippen LogP contribution in [0.25, 0.3) is 0 Å². The highest BCUT2D eigenvalue weighted by Crippen LogP contribution is 2.45. The Hall–Kier alpha value is 0.380. The van der Waals surface area contributed by atoms with Crippen molar-refractivity contribution in [1.29, 1.82) is 0 Å². The third-order valence-corrected chi connectivity index (χ3v) is 3.49. The van der Waals surface area contributed by atoms with Crippen LogP contribution in [0.4, 0.5) is 0 Å². The predicted octanol–water partition coefficient (Wildman–Crippen LogP) is 3.23. The number of halogens is 1. The first kappa shape index (κ1) is 7.49. The molecule has 0 aromatic carbocycles. The molecule has 1 aliphatic rings. The fourth-order valence-electron chi connectivity index (χ4n) is 0.914. The fraction of sp³-hybridized carbons (Fsp3) is 0.714. The summed E-state index contributed by atoms with van der Waals surface area (Å²) in [5.41, 5.74) is 2.07. The highest BCUT2D eigenvalue weighted by molar-refractivity contribution is 8.03. The third kappa shape index (κ3) is 1.44. The molecule has 0 amide bonds. The molecular weight excluding hydrogens is 152 g/mol. The lowest BCUT2D eigenvalue weighted by atomic mass is 9.91. The molecule has 0 atom stereocenters. The van der Waals surface area contributed by atoms with Gasteiger partial charge in [-0.1, -0.05) is 25.4 Å². The summed E-state index contributed by atoms with van der Waals surface area (Å²) < 4.78 is 0. The monoisotopic (exact) mass is 162 g/mol. The molecule has 1 heterocycles. The summed E-state index contributed by atoms with van der Waals surface area (Å²) >= 11 is 7.49. The Labute approximate surface area is 65.7 Å². The van der Waals surface area contributed by atoms with Crippen LogP contribution < -0.4 is 0 Å². The summed E-state index contributed by atoms with van der Waals surface area (Å²) in [5.74, 6) is 1.23. The second kappa shape index (κ2) is 2.55. The lowest BCUT2D eigenvalue weighted by molar-refractivity contribution is 0.473. The van der Waals surface area contributed by atoms with Crippen LogP contribution in [0.2, 0.25) is 0 Å². The van der Waals surface area contributed by atoms with Crippen LogP contribution in [0, 0.1) is 5.41 Å². The van der Waals surface area contributed by atoms with Gasteiger partial charge in [-0.05, 0) is 17.6 Å². The van der Waals surface area contributed by atoms with Crippen LogP contribution in [0.5, 0.6) is 0 Å². The molecule has 1 fully saturated rings. The molecule has 52 valence electrons. The van der Waals surface area contributed by atoms with Crippen molar-refractivity contribution in [2.45, 2.75) is 20.3 Å². The van der Waals surface area contributed by atoms with Gasteiger partial charge in [-0.3, -0.25) is 0 Å². The normalized spacial score (nSPS) is 29.4. The van der Waals surface area contributed by atoms with Crippen molar-refractivity contribution in [1.82, 2.24) is 0 Å². The predicted molar refractivity (Wildman–Crippen MR) is 44.8 cm³/mol. The molecule has 1 rings (SSSR count). The van der Waals surface area contributed by atoms with Gasteiger partial charge in [-0.2, -0.15) is 0 Å². The van der Waals surface area contributed by atoms with Crippen LogP contribution >= 0.6 is 23.4 Å². The van der Waals surface area contributed by atoms with E-state index in [9.17, 15) is 0 Å². The maximum Gasteiger partial charge on any atom is 0.0143 e. The summed E-state index contributed by atoms with van der Waals surface area (Å²) in [6, 6.07) is 0. The second-order valence-electron chi connectivity index (χ2n) is 2.96. The van der Waals surface area contributed by atoms with Crippen molar-refractivity contribution < 1.29 is 0 Å². The van der Waals surface area contributed by atoms with Crippen LogP contribution in [0.3, 0.4) is 0 Å². The minimum Gasteiger partial charge on any atom is -0.129 e. The first-order valence-electron chi connectivity index (χ1n) is 3.10. The van der Waals surface area contributed by atoms with Crippen LogP contribution in [0.15, 0.2) is 10.4 Å². The van der Waals surface area contributed by atoms with Gasteiger partial charge in [0.2, 0.25) is 0 Å². The Bertz CT molecular complexity index is 138. The molecule has 0 unspecified atom stereocenters. The lowest BCUT2D eigenvalue weighted by Crippen LogP contribution is -2.05. The molecule has 0 aliphatic carbocycles. The SMILES string of the molecule is CC1(C)CCS/C1=C/Cl. The summed E-state index contributed by atoms with van der Waals surface area (Å²) in [6.07, 6.45) is 1.26. The van der Waals surface area contributed by atoms with Gasteiger partial charge in [0.1, 0.15) is 0 Å². The molecule has 0 radical (unpaired) electrons. The van der Waals surface area contributed by atoms with E-state index < -0.39 is 0 Å². The van der Waals surface area contributed by atoms with Crippen molar-refractivity contribution >= 4 is 23.4 Å². The van der Waals surface area contributed by atoms with E-state index in [0.29, 0.717) is 5.41 Å². The van der Waals surface area contributed by atoms with Gasteiger partial charge < -0.3 is 0 Å². The summed E-state index contributed by atoms with van der Waals surface area (Å²) in [5, 5.41) is 0. The average molecular weight is 163 g/mol. The number of allylic oxidation sites excluding steroid dienone is 1. The third-order valence-electron chi connectivity index (χ3n) is 1.75. The minimum absolute atomic E-state index is 0.354. The zero-order valence-electron chi connectivity index (χ0n) is 5.78. The molecule has 9 heavy (non-hydrogen) atoms. The van der Waals surface area contributed by atoms with Gasteiger partial charge in [0.25, 0.3) is 0 Å². The van der Waals surface area contributed by atoms with E-state index in [2.05, 4.69) is 13.8 Å². The van der Waals surface area contributed by atoms with Crippen molar-refractivity contribution in [3.05, 3.63) is 10.4 Å². The van der Waals surface area contributed by atoms with E-state index in [1.807, 2.05) is 11.8 Å². The van der Waals surface area contributed by atoms with Crippen LogP contribution in [0.1, 0.15) is 20.3 Å². The zero-order chi connectivity index (χ0) is 6.91. The molecule has 0 nitrogen and oxygen atoms in total. The van der Waals surface area contributed by atoms with E-state index in [4.69, 9.17) is 11.6 Å². The highest BCUT2D eigenvalue weighted by atomic mass is 35.5. The number of hydrogen-bond acceptors (Lipinski definition) is 1. The minimum atomic E-state index is 0.354. The van der Waals surface area contributed by atoms with Crippen molar-refractivity contribution in [3.63, 3.8) is 0 Å². The summed E-state index contributed by atoms with van der Waals surface area (Å²) in [6.45, 7) is 4.47. The largest absolute Gasteiger partial charge is 0.129 e. The molecular formula is C7H11ClS. The van der Waals surface area contributed by atoms with Crippen molar-refractivity contribution in [3.8, 4) is 0 Å². The Morgan fingerprint density at radius 1 is 1.67 bits per heavy atom. The molecule has 0 saturated carbocycles. The Kier molecular flexibility index (Phi) is 2.12. The number of thioether (sulfide) groups is 1. The summed E-state index contributed by atoms with van der Waals surface area (Å²) in [4.78, 5) is 1.34. The quantitative estimate of drug-likeness (QED) is 0.527. The fourth-order valence-corrected chi connectivity index (χ4v) is 2.79. The van der Waals surface area contributed by atoms with Gasteiger partial charge in [-0.25, -0.2) is 0 Å². The van der Waals surface area contributed by atoms with Crippen molar-refractivity contribution in [2.75, 3.05) is 5.75 Å². The zero-order valence-corrected chi connectivity index (χ0v) is 7.35. The Balaban J connectivity index is 2.75. The van der Waals surface area contributed by atoms with Crippen LogP contribution in [-0.2, 0) is 0 Å². The van der Waals surface area contributed by atoms with E-state index in [-0.39, 0.29) is 0 Å². The molecule has 0 N–H and O–H groups in total. The standard InChI is InChI=1S/C7H11ClS/c1-7(2)3-4-9-6(7)5-8/h5H,3-4H2,1-2H3/b6-5+. The first-order chi connectivity index (χ1) is 4.17. The van der Waals surface area contributed by atoms with Gasteiger partial charge in [0.05, 0.1) is 0 Å². The molecule has 2 heteroatoms. The average Bonchev–Trinajstić information content (AvgIpc) is 2.08. The van der Waals surface area contributed by atoms with Crippen molar-refractivity contribution in [2.24, 2.45) is 5.41 Å². The number of hydrogen-bond donors (Lipinski definition) is 0. The second-order valence-corrected chi connectivity index (χ2v) is 4.31. The topological polar surface area (TPSA) is 0 Å². The molecule has 0 bridgehead atoms. The van der Waals surface area contributed by atoms with E-state index in [1.54, 1.807) is 5.54 Å². The van der Waals surface area contributed by atoms with E-state index in [0.717, 1.165) is 0 Å². The molecule has 1 aliphatic heterocycles. The Morgan fingerprint density at radius 3 is 2.56 bits per heavy atom. The molecule has 0 aromatic heterocycles. The first-order valence-corrected chi connectivity index (χ1v) is 4.53. The van der Waals surface area contributed by atoms with Gasteiger partial charge in [0, 0.05) is 10.4 Å². The maximum absolute atomic E-state index is 5.61. The molecule has 0 aromatic rings. The molecule has 0 spiro atoms. The van der Waals surface area contributed by atoms with Gasteiger partial charge in [0.15, 0.2) is 0 Å². The Morgan fingerprint density at radius 2 is 2.33 bits per heavy atom. The maximum atomic E-state index is 5.61. The molecule has 1 saturated heterocycles. The van der Waals surface area contributed by atoms with E-state index in [1.165, 1.54) is 17.1 Å². The van der Waals surface area contributed by atoms with Crippen LogP contribution in [-0.4, -0.2) is 5.75 Å². The smallest absolute Gasteiger partial charge is 0.0143 e. The highest BCUT2D eigenvalue weighted by Gasteiger charge is 2.28. The van der Waals surface area contributed by atoms with Gasteiger partial charge >= 0.3 is 0 Å². The number of rotatable bonds is 0. The van der Waals surface area contributed by atoms with Gasteiger partial charge in [-0.15, -0.1) is 11.8 Å². The summed E-state index contributed by atoms with van der Waals surface area (Å²) in [7, 11) is 0. The van der Waals surface area contributed by atoms with E-state index >= 15 is 0 Å².